The summed E-state index contributed by atoms with van der Waals surface area (Å²) in [4.78, 5) is 10.4. The van der Waals surface area contributed by atoms with Gasteiger partial charge in [-0.2, -0.15) is 0 Å². The van der Waals surface area contributed by atoms with E-state index in [1.165, 1.54) is 5.56 Å². The molecule has 1 amide bonds. The molecule has 13 heavy (non-hydrogen) atoms. The van der Waals surface area contributed by atoms with Gasteiger partial charge in [0.15, 0.2) is 0 Å². The average molecular weight is 179 g/mol. The van der Waals surface area contributed by atoms with Gasteiger partial charge in [-0.05, 0) is 19.4 Å². The van der Waals surface area contributed by atoms with Gasteiger partial charge in [0, 0.05) is 0 Å². The van der Waals surface area contributed by atoms with Crippen molar-refractivity contribution >= 4 is 6.09 Å². The summed E-state index contributed by atoms with van der Waals surface area (Å²) in [6.07, 6.45) is -1.02. The number of benzene rings is 1. The Bertz CT molecular complexity index is 292. The van der Waals surface area contributed by atoms with Crippen LogP contribution in [0.15, 0.2) is 24.3 Å². The van der Waals surface area contributed by atoms with Crippen molar-refractivity contribution in [3.05, 3.63) is 35.4 Å². The molecule has 1 unspecified atom stereocenters. The Morgan fingerprint density at radius 2 is 1.92 bits per heavy atom. The highest BCUT2D eigenvalue weighted by atomic mass is 16.6. The maximum atomic E-state index is 10.4. The van der Waals surface area contributed by atoms with Crippen LogP contribution in [0.3, 0.4) is 0 Å². The maximum Gasteiger partial charge on any atom is 0.405 e. The fraction of sp³-hybridized carbons (Fsp3) is 0.300. The fourth-order valence-electron chi connectivity index (χ4n) is 1.08. The Hall–Kier alpha value is -1.51. The molecule has 2 N–H and O–H groups in total. The Labute approximate surface area is 77.5 Å². The van der Waals surface area contributed by atoms with E-state index < -0.39 is 6.09 Å². The zero-order valence-electron chi connectivity index (χ0n) is 7.78. The minimum absolute atomic E-state index is 0.280. The summed E-state index contributed by atoms with van der Waals surface area (Å²) in [6.45, 7) is 3.79. The first-order chi connectivity index (χ1) is 6.09. The smallest absolute Gasteiger partial charge is 0.405 e. The van der Waals surface area contributed by atoms with Gasteiger partial charge in [-0.25, -0.2) is 4.79 Å². The number of ether oxygens (including phenoxy) is 1. The van der Waals surface area contributed by atoms with E-state index in [2.05, 4.69) is 0 Å². The highest BCUT2D eigenvalue weighted by Crippen LogP contribution is 2.16. The normalized spacial score (nSPS) is 12.2. The van der Waals surface area contributed by atoms with Crippen LogP contribution in [0.2, 0.25) is 0 Å². The molecular formula is C10H13NO2. The van der Waals surface area contributed by atoms with Crippen molar-refractivity contribution < 1.29 is 9.53 Å². The molecule has 70 valence electrons. The van der Waals surface area contributed by atoms with Crippen LogP contribution in [0.25, 0.3) is 0 Å². The minimum atomic E-state index is -0.743. The Kier molecular flexibility index (Phi) is 2.90. The molecule has 3 heteroatoms. The molecule has 1 rings (SSSR count). The molecule has 1 aromatic rings. The van der Waals surface area contributed by atoms with E-state index in [9.17, 15) is 4.79 Å². The van der Waals surface area contributed by atoms with Crippen LogP contribution in [-0.2, 0) is 4.74 Å². The highest BCUT2D eigenvalue weighted by Gasteiger charge is 2.07. The van der Waals surface area contributed by atoms with Crippen molar-refractivity contribution in [1.29, 1.82) is 0 Å². The molecule has 0 saturated heterocycles. The van der Waals surface area contributed by atoms with Crippen LogP contribution in [-0.4, -0.2) is 6.09 Å². The summed E-state index contributed by atoms with van der Waals surface area (Å²) in [5.41, 5.74) is 7.02. The lowest BCUT2D eigenvalue weighted by molar-refractivity contribution is 0.116. The van der Waals surface area contributed by atoms with Crippen LogP contribution in [0.5, 0.6) is 0 Å². The van der Waals surface area contributed by atoms with E-state index in [-0.39, 0.29) is 6.10 Å². The van der Waals surface area contributed by atoms with Crippen molar-refractivity contribution in [1.82, 2.24) is 0 Å². The number of hydrogen-bond donors (Lipinski definition) is 1. The Morgan fingerprint density at radius 1 is 1.38 bits per heavy atom. The molecule has 0 aliphatic heterocycles. The van der Waals surface area contributed by atoms with Crippen molar-refractivity contribution in [2.24, 2.45) is 5.73 Å². The lowest BCUT2D eigenvalue weighted by atomic mass is 10.1. The Balaban J connectivity index is 2.71. The Morgan fingerprint density at radius 3 is 2.38 bits per heavy atom. The van der Waals surface area contributed by atoms with Crippen LogP contribution in [0, 0.1) is 6.92 Å². The van der Waals surface area contributed by atoms with Crippen molar-refractivity contribution in [3.8, 4) is 0 Å². The van der Waals surface area contributed by atoms with Gasteiger partial charge < -0.3 is 10.5 Å². The third-order valence-corrected chi connectivity index (χ3v) is 1.84. The molecule has 0 saturated carbocycles. The van der Waals surface area contributed by atoms with Crippen LogP contribution >= 0.6 is 0 Å². The summed E-state index contributed by atoms with van der Waals surface area (Å²) >= 11 is 0. The molecule has 1 aromatic carbocycles. The monoisotopic (exact) mass is 179 g/mol. The molecule has 0 aliphatic carbocycles. The van der Waals surface area contributed by atoms with Crippen LogP contribution in [0.1, 0.15) is 24.2 Å². The fourth-order valence-corrected chi connectivity index (χ4v) is 1.08. The maximum absolute atomic E-state index is 10.4. The van der Waals surface area contributed by atoms with E-state index in [4.69, 9.17) is 10.5 Å². The minimum Gasteiger partial charge on any atom is -0.442 e. The molecule has 3 nitrogen and oxygen atoms in total. The summed E-state index contributed by atoms with van der Waals surface area (Å²) < 4.78 is 4.81. The topological polar surface area (TPSA) is 52.3 Å². The zero-order chi connectivity index (χ0) is 9.84. The number of nitrogens with two attached hydrogens (primary N) is 1. The molecular weight excluding hydrogens is 166 g/mol. The molecule has 0 fully saturated rings. The lowest BCUT2D eigenvalue weighted by Gasteiger charge is -2.11. The van der Waals surface area contributed by atoms with Gasteiger partial charge in [0.1, 0.15) is 6.10 Å². The van der Waals surface area contributed by atoms with Crippen LogP contribution in [0.4, 0.5) is 4.79 Å². The second kappa shape index (κ2) is 3.94. The van der Waals surface area contributed by atoms with Gasteiger partial charge in [-0.1, -0.05) is 29.8 Å². The van der Waals surface area contributed by atoms with E-state index in [1.807, 2.05) is 31.2 Å². The van der Waals surface area contributed by atoms with Gasteiger partial charge in [-0.3, -0.25) is 0 Å². The molecule has 0 spiro atoms. The van der Waals surface area contributed by atoms with Gasteiger partial charge >= 0.3 is 6.09 Å². The van der Waals surface area contributed by atoms with E-state index in [0.717, 1.165) is 5.56 Å². The molecule has 0 aliphatic rings. The number of aryl methyl sites for hydroxylation is 1. The van der Waals surface area contributed by atoms with Gasteiger partial charge in [0.05, 0.1) is 0 Å². The van der Waals surface area contributed by atoms with Crippen LogP contribution < -0.4 is 5.73 Å². The van der Waals surface area contributed by atoms with Gasteiger partial charge in [0.2, 0.25) is 0 Å². The van der Waals surface area contributed by atoms with Gasteiger partial charge in [0.25, 0.3) is 0 Å². The third kappa shape index (κ3) is 2.78. The largest absolute Gasteiger partial charge is 0.442 e. The predicted octanol–water partition coefficient (Wildman–Crippen LogP) is 2.15. The summed E-state index contributed by atoms with van der Waals surface area (Å²) in [5.74, 6) is 0. The van der Waals surface area contributed by atoms with E-state index in [1.54, 1.807) is 6.92 Å². The summed E-state index contributed by atoms with van der Waals surface area (Å²) in [5, 5.41) is 0. The first-order valence-corrected chi connectivity index (χ1v) is 4.12. The average Bonchev–Trinajstić information content (AvgIpc) is 2.04. The molecule has 0 bridgehead atoms. The van der Waals surface area contributed by atoms with Crippen molar-refractivity contribution in [2.45, 2.75) is 20.0 Å². The number of carbonyl (C=O) groups excluding carboxylic acids is 1. The molecule has 1 atom stereocenters. The predicted molar refractivity (Wildman–Crippen MR) is 50.3 cm³/mol. The van der Waals surface area contributed by atoms with Crippen molar-refractivity contribution in [2.75, 3.05) is 0 Å². The second-order valence-electron chi connectivity index (χ2n) is 2.99. The van der Waals surface area contributed by atoms with Gasteiger partial charge in [-0.15, -0.1) is 0 Å². The van der Waals surface area contributed by atoms with E-state index >= 15 is 0 Å². The SMILES string of the molecule is Cc1ccc(C(C)OC(N)=O)cc1. The summed E-state index contributed by atoms with van der Waals surface area (Å²) in [6, 6.07) is 7.78. The number of hydrogen-bond acceptors (Lipinski definition) is 2. The third-order valence-electron chi connectivity index (χ3n) is 1.84. The molecule has 0 aromatic heterocycles. The number of carbonyl (C=O) groups is 1. The van der Waals surface area contributed by atoms with Crippen molar-refractivity contribution in [3.63, 3.8) is 0 Å². The number of primary amides is 1. The molecule has 0 radical (unpaired) electrons. The van der Waals surface area contributed by atoms with E-state index in [0.29, 0.717) is 0 Å². The second-order valence-corrected chi connectivity index (χ2v) is 2.99. The highest BCUT2D eigenvalue weighted by molar-refractivity contribution is 5.65. The lowest BCUT2D eigenvalue weighted by Crippen LogP contribution is -2.15. The standard InChI is InChI=1S/C10H13NO2/c1-7-3-5-9(6-4-7)8(2)13-10(11)12/h3-6,8H,1-2H3,(H2,11,12). The quantitative estimate of drug-likeness (QED) is 0.756. The molecule has 0 heterocycles. The summed E-state index contributed by atoms with van der Waals surface area (Å²) in [7, 11) is 0. The number of rotatable bonds is 2. The number of amides is 1. The first-order valence-electron chi connectivity index (χ1n) is 4.12. The first kappa shape index (κ1) is 9.58. The zero-order valence-corrected chi connectivity index (χ0v) is 7.78.